The lowest BCUT2D eigenvalue weighted by Gasteiger charge is -1.99. The lowest BCUT2D eigenvalue weighted by Crippen LogP contribution is -2.09. The van der Waals surface area contributed by atoms with Crippen LogP contribution in [0.25, 0.3) is 11.3 Å². The molecule has 6 heteroatoms. The van der Waals surface area contributed by atoms with Gasteiger partial charge in [-0.25, -0.2) is 4.98 Å². The van der Waals surface area contributed by atoms with Gasteiger partial charge < -0.3 is 0 Å². The number of thiophene rings is 1. The van der Waals surface area contributed by atoms with Crippen LogP contribution in [0, 0.1) is 6.92 Å². The molecule has 0 radical (unpaired) electrons. The van der Waals surface area contributed by atoms with E-state index in [9.17, 15) is 4.79 Å². The molecule has 3 rings (SSSR count). The number of aryl methyl sites for hydroxylation is 1. The van der Waals surface area contributed by atoms with Crippen LogP contribution in [0.5, 0.6) is 0 Å². The number of aromatic nitrogens is 1. The lowest BCUT2D eigenvalue weighted by molar-refractivity contribution is 0.103. The number of amides is 1. The molecule has 3 nitrogen and oxygen atoms in total. The van der Waals surface area contributed by atoms with Crippen molar-refractivity contribution >= 4 is 45.3 Å². The minimum atomic E-state index is -0.184. The topological polar surface area (TPSA) is 42.0 Å². The monoisotopic (exact) mass is 334 g/mol. The molecule has 0 saturated carbocycles. The summed E-state index contributed by atoms with van der Waals surface area (Å²) in [6.07, 6.45) is 0. The van der Waals surface area contributed by atoms with Crippen LogP contribution in [0.2, 0.25) is 4.34 Å². The van der Waals surface area contributed by atoms with Crippen LogP contribution in [-0.4, -0.2) is 10.9 Å². The molecule has 0 bridgehead atoms. The minimum Gasteiger partial charge on any atom is -0.297 e. The first-order valence-electron chi connectivity index (χ1n) is 6.21. The van der Waals surface area contributed by atoms with Gasteiger partial charge in [0.15, 0.2) is 5.13 Å². The predicted octanol–water partition coefficient (Wildman–Crippen LogP) is 5.09. The summed E-state index contributed by atoms with van der Waals surface area (Å²) in [5.74, 6) is -0.184. The number of benzene rings is 1. The number of rotatable bonds is 3. The summed E-state index contributed by atoms with van der Waals surface area (Å²) in [6, 6.07) is 11.5. The summed E-state index contributed by atoms with van der Waals surface area (Å²) in [5, 5.41) is 5.31. The summed E-state index contributed by atoms with van der Waals surface area (Å²) in [7, 11) is 0. The van der Waals surface area contributed by atoms with Gasteiger partial charge in [0.1, 0.15) is 0 Å². The van der Waals surface area contributed by atoms with Crippen molar-refractivity contribution < 1.29 is 4.79 Å². The fourth-order valence-electron chi connectivity index (χ4n) is 1.78. The number of carbonyl (C=O) groups excluding carboxylic acids is 1. The van der Waals surface area contributed by atoms with Crippen molar-refractivity contribution in [3.05, 3.63) is 56.6 Å². The molecular formula is C15H11ClN2OS2. The molecule has 106 valence electrons. The Morgan fingerprint density at radius 3 is 2.62 bits per heavy atom. The van der Waals surface area contributed by atoms with E-state index < -0.39 is 0 Å². The summed E-state index contributed by atoms with van der Waals surface area (Å²) in [4.78, 5) is 17.0. The van der Waals surface area contributed by atoms with Crippen molar-refractivity contribution in [2.75, 3.05) is 5.32 Å². The molecule has 0 spiro atoms. The highest BCUT2D eigenvalue weighted by molar-refractivity contribution is 7.18. The predicted molar refractivity (Wildman–Crippen MR) is 89.6 cm³/mol. The van der Waals surface area contributed by atoms with Crippen molar-refractivity contribution in [3.8, 4) is 11.3 Å². The van der Waals surface area contributed by atoms with Crippen LogP contribution < -0.4 is 5.32 Å². The molecule has 1 aromatic carbocycles. The molecular weight excluding hydrogens is 324 g/mol. The molecule has 21 heavy (non-hydrogen) atoms. The maximum Gasteiger partial charge on any atom is 0.267 e. The normalized spacial score (nSPS) is 10.6. The number of thiazole rings is 1. The smallest absolute Gasteiger partial charge is 0.267 e. The third-order valence-electron chi connectivity index (χ3n) is 2.87. The maximum absolute atomic E-state index is 12.0. The Labute approximate surface area is 135 Å². The number of halogens is 1. The van der Waals surface area contributed by atoms with E-state index in [1.165, 1.54) is 28.2 Å². The highest BCUT2D eigenvalue weighted by Gasteiger charge is 2.11. The van der Waals surface area contributed by atoms with E-state index >= 15 is 0 Å². The second kappa shape index (κ2) is 5.97. The molecule has 0 fully saturated rings. The van der Waals surface area contributed by atoms with Gasteiger partial charge in [0.25, 0.3) is 5.91 Å². The van der Waals surface area contributed by atoms with E-state index in [0.717, 1.165) is 11.3 Å². The van der Waals surface area contributed by atoms with Crippen LogP contribution in [-0.2, 0) is 0 Å². The molecule has 0 atom stereocenters. The number of anilines is 1. The van der Waals surface area contributed by atoms with E-state index in [0.29, 0.717) is 14.3 Å². The van der Waals surface area contributed by atoms with E-state index in [4.69, 9.17) is 11.6 Å². The molecule has 0 aliphatic heterocycles. The van der Waals surface area contributed by atoms with Gasteiger partial charge in [-0.3, -0.25) is 10.1 Å². The zero-order valence-corrected chi connectivity index (χ0v) is 13.5. The molecule has 2 heterocycles. The number of carbonyl (C=O) groups is 1. The van der Waals surface area contributed by atoms with Crippen LogP contribution in [0.1, 0.15) is 15.2 Å². The highest BCUT2D eigenvalue weighted by Crippen LogP contribution is 2.27. The maximum atomic E-state index is 12.0. The van der Waals surface area contributed by atoms with Crippen LogP contribution in [0.4, 0.5) is 5.13 Å². The summed E-state index contributed by atoms with van der Waals surface area (Å²) < 4.78 is 0.597. The fraction of sp³-hybridized carbons (Fsp3) is 0.0667. The molecule has 0 aliphatic rings. The Balaban J connectivity index is 1.76. The van der Waals surface area contributed by atoms with E-state index in [1.807, 2.05) is 36.6 Å². The molecule has 1 N–H and O–H groups in total. The van der Waals surface area contributed by atoms with Crippen molar-refractivity contribution in [2.24, 2.45) is 0 Å². The largest absolute Gasteiger partial charge is 0.297 e. The highest BCUT2D eigenvalue weighted by atomic mass is 35.5. The van der Waals surface area contributed by atoms with Gasteiger partial charge in [-0.1, -0.05) is 41.4 Å². The SMILES string of the molecule is Cc1ccc(-c2csc(NC(=O)c3ccc(Cl)s3)n2)cc1. The Kier molecular flexibility index (Phi) is 4.05. The standard InChI is InChI=1S/C15H11ClN2OS2/c1-9-2-4-10(5-3-9)11-8-20-15(17-11)18-14(19)12-6-7-13(16)21-12/h2-8H,1H3,(H,17,18,19). The third-order valence-corrected chi connectivity index (χ3v) is 4.86. The molecule has 3 aromatic rings. The van der Waals surface area contributed by atoms with Gasteiger partial charge >= 0.3 is 0 Å². The first-order chi connectivity index (χ1) is 10.1. The first kappa shape index (κ1) is 14.3. The Hall–Kier alpha value is -1.69. The summed E-state index contributed by atoms with van der Waals surface area (Å²) in [5.41, 5.74) is 3.10. The Morgan fingerprint density at radius 1 is 1.19 bits per heavy atom. The van der Waals surface area contributed by atoms with Crippen LogP contribution >= 0.6 is 34.3 Å². The molecule has 0 saturated heterocycles. The van der Waals surface area contributed by atoms with E-state index in [-0.39, 0.29) is 5.91 Å². The van der Waals surface area contributed by atoms with Crippen molar-refractivity contribution in [3.63, 3.8) is 0 Å². The average molecular weight is 335 g/mol. The molecule has 1 amide bonds. The summed E-state index contributed by atoms with van der Waals surface area (Å²) in [6.45, 7) is 2.04. The number of nitrogens with one attached hydrogen (secondary N) is 1. The van der Waals surface area contributed by atoms with Crippen LogP contribution in [0.15, 0.2) is 41.8 Å². The van der Waals surface area contributed by atoms with Crippen molar-refractivity contribution in [2.45, 2.75) is 6.92 Å². The summed E-state index contributed by atoms with van der Waals surface area (Å²) >= 11 is 8.49. The second-order valence-corrected chi connectivity index (χ2v) is 7.03. The van der Waals surface area contributed by atoms with Gasteiger partial charge in [-0.15, -0.1) is 22.7 Å². The zero-order chi connectivity index (χ0) is 14.8. The average Bonchev–Trinajstić information content (AvgIpc) is 3.09. The zero-order valence-electron chi connectivity index (χ0n) is 11.1. The van der Waals surface area contributed by atoms with Gasteiger partial charge in [-0.05, 0) is 19.1 Å². The Bertz CT molecular complexity index is 777. The number of hydrogen-bond donors (Lipinski definition) is 1. The molecule has 0 unspecified atom stereocenters. The van der Waals surface area contributed by atoms with E-state index in [2.05, 4.69) is 10.3 Å². The van der Waals surface area contributed by atoms with Crippen LogP contribution in [0.3, 0.4) is 0 Å². The quantitative estimate of drug-likeness (QED) is 0.725. The minimum absolute atomic E-state index is 0.184. The van der Waals surface area contributed by atoms with Gasteiger partial charge in [-0.2, -0.15) is 0 Å². The molecule has 0 aliphatic carbocycles. The fourth-order valence-corrected chi connectivity index (χ4v) is 3.44. The third kappa shape index (κ3) is 3.32. The number of nitrogens with zero attached hydrogens (tertiary/aromatic N) is 1. The lowest BCUT2D eigenvalue weighted by atomic mass is 10.1. The van der Waals surface area contributed by atoms with E-state index in [1.54, 1.807) is 12.1 Å². The number of hydrogen-bond acceptors (Lipinski definition) is 4. The van der Waals surface area contributed by atoms with Crippen molar-refractivity contribution in [1.82, 2.24) is 4.98 Å². The van der Waals surface area contributed by atoms with Gasteiger partial charge in [0.2, 0.25) is 0 Å². The molecule has 2 aromatic heterocycles. The van der Waals surface area contributed by atoms with Gasteiger partial charge in [0, 0.05) is 10.9 Å². The second-order valence-electron chi connectivity index (χ2n) is 4.46. The van der Waals surface area contributed by atoms with Crippen molar-refractivity contribution in [1.29, 1.82) is 0 Å². The Morgan fingerprint density at radius 2 is 1.95 bits per heavy atom. The van der Waals surface area contributed by atoms with Gasteiger partial charge in [0.05, 0.1) is 14.9 Å². The first-order valence-corrected chi connectivity index (χ1v) is 8.28.